The highest BCUT2D eigenvalue weighted by atomic mass is 32.2. The van der Waals surface area contributed by atoms with Gasteiger partial charge in [0.2, 0.25) is 5.91 Å². The lowest BCUT2D eigenvalue weighted by atomic mass is 9.94. The molecule has 2 aliphatic heterocycles. The van der Waals surface area contributed by atoms with Gasteiger partial charge in [-0.3, -0.25) is 9.69 Å². The number of amidine groups is 1. The smallest absolute Gasteiger partial charge is 0.338 e. The summed E-state index contributed by atoms with van der Waals surface area (Å²) < 4.78 is 5.49. The van der Waals surface area contributed by atoms with E-state index in [0.717, 1.165) is 12.0 Å². The Labute approximate surface area is 158 Å². The van der Waals surface area contributed by atoms with Gasteiger partial charge in [-0.25, -0.2) is 9.79 Å². The number of rotatable bonds is 5. The first-order valence-electron chi connectivity index (χ1n) is 8.95. The van der Waals surface area contributed by atoms with Crippen LogP contribution < -0.4 is 0 Å². The fourth-order valence-corrected chi connectivity index (χ4v) is 4.25. The van der Waals surface area contributed by atoms with E-state index in [1.54, 1.807) is 4.90 Å². The molecule has 26 heavy (non-hydrogen) atoms. The summed E-state index contributed by atoms with van der Waals surface area (Å²) in [6.45, 7) is 8.13. The first-order valence-corrected chi connectivity index (χ1v) is 9.83. The molecule has 2 atom stereocenters. The molecular weight excluding hydrogens is 348 g/mol. The van der Waals surface area contributed by atoms with Gasteiger partial charge < -0.3 is 4.74 Å². The van der Waals surface area contributed by atoms with Crippen LogP contribution >= 0.6 is 11.8 Å². The van der Waals surface area contributed by atoms with Gasteiger partial charge in [0, 0.05) is 0 Å². The van der Waals surface area contributed by atoms with Crippen LogP contribution in [0.2, 0.25) is 0 Å². The van der Waals surface area contributed by atoms with Gasteiger partial charge in [-0.15, -0.1) is 0 Å². The maximum atomic E-state index is 12.9. The molecule has 0 aliphatic carbocycles. The number of hydrogen-bond acceptors (Lipinski definition) is 5. The van der Waals surface area contributed by atoms with Crippen molar-refractivity contribution in [1.29, 1.82) is 0 Å². The quantitative estimate of drug-likeness (QED) is 0.735. The topological polar surface area (TPSA) is 59.0 Å². The van der Waals surface area contributed by atoms with Crippen LogP contribution in [0.5, 0.6) is 0 Å². The van der Waals surface area contributed by atoms with E-state index < -0.39 is 12.0 Å². The number of benzene rings is 1. The second kappa shape index (κ2) is 7.66. The number of amides is 1. The minimum atomic E-state index is -0.486. The lowest BCUT2D eigenvalue weighted by molar-refractivity contribution is -0.141. The second-order valence-corrected chi connectivity index (χ2v) is 8.09. The van der Waals surface area contributed by atoms with Crippen molar-refractivity contribution in [3.63, 3.8) is 0 Å². The Hall–Kier alpha value is -2.08. The Morgan fingerprint density at radius 3 is 2.62 bits per heavy atom. The zero-order chi connectivity index (χ0) is 18.8. The van der Waals surface area contributed by atoms with Crippen LogP contribution in [-0.2, 0) is 14.3 Å². The van der Waals surface area contributed by atoms with E-state index in [9.17, 15) is 9.59 Å². The van der Waals surface area contributed by atoms with Crippen LogP contribution in [0.25, 0.3) is 0 Å². The standard InChI is InChI=1S/C20H24N2O3S/c1-5-15-18(23)22-17(14-9-7-6-8-10-14)16(13(4)21-20(22)26-15)19(24)25-11-12(2)3/h6-10,12,15,17H,5,11H2,1-4H3/t15-,17+/m1/s1. The highest BCUT2D eigenvalue weighted by Gasteiger charge is 2.47. The first-order chi connectivity index (χ1) is 12.4. The maximum Gasteiger partial charge on any atom is 0.338 e. The number of fused-ring (bicyclic) bond motifs is 1. The number of hydrogen-bond donors (Lipinski definition) is 0. The molecule has 0 aromatic heterocycles. The molecular formula is C20H24N2O3S. The minimum absolute atomic E-state index is 0.00626. The van der Waals surface area contributed by atoms with E-state index in [0.29, 0.717) is 23.0 Å². The lowest BCUT2D eigenvalue weighted by Crippen LogP contribution is -2.40. The molecule has 2 heterocycles. The summed E-state index contributed by atoms with van der Waals surface area (Å²) in [5, 5.41) is 0.521. The van der Waals surface area contributed by atoms with Crippen molar-refractivity contribution in [3.05, 3.63) is 47.2 Å². The number of esters is 1. The molecule has 1 aromatic rings. The Kier molecular flexibility index (Phi) is 5.51. The van der Waals surface area contributed by atoms with E-state index in [-0.39, 0.29) is 17.1 Å². The number of aliphatic imine (C=N–C) groups is 1. The van der Waals surface area contributed by atoms with Crippen LogP contribution in [0.15, 0.2) is 46.6 Å². The van der Waals surface area contributed by atoms with E-state index in [1.165, 1.54) is 11.8 Å². The van der Waals surface area contributed by atoms with Crippen molar-refractivity contribution in [2.75, 3.05) is 6.61 Å². The molecule has 5 nitrogen and oxygen atoms in total. The van der Waals surface area contributed by atoms with Gasteiger partial charge in [0.1, 0.15) is 0 Å². The summed E-state index contributed by atoms with van der Waals surface area (Å²) in [7, 11) is 0. The molecule has 1 fully saturated rings. The summed E-state index contributed by atoms with van der Waals surface area (Å²) in [6, 6.07) is 9.14. The van der Waals surface area contributed by atoms with Crippen molar-refractivity contribution >= 4 is 28.8 Å². The average Bonchev–Trinajstić information content (AvgIpc) is 2.94. The zero-order valence-corrected chi connectivity index (χ0v) is 16.4. The maximum absolute atomic E-state index is 12.9. The van der Waals surface area contributed by atoms with Crippen molar-refractivity contribution in [2.24, 2.45) is 10.9 Å². The molecule has 1 saturated heterocycles. The molecule has 6 heteroatoms. The van der Waals surface area contributed by atoms with Gasteiger partial charge >= 0.3 is 5.97 Å². The molecule has 1 amide bonds. The predicted octanol–water partition coefficient (Wildman–Crippen LogP) is 3.92. The van der Waals surface area contributed by atoms with Crippen molar-refractivity contribution < 1.29 is 14.3 Å². The molecule has 0 spiro atoms. The van der Waals surface area contributed by atoms with Crippen molar-refractivity contribution in [2.45, 2.75) is 45.4 Å². The Morgan fingerprint density at radius 1 is 1.31 bits per heavy atom. The van der Waals surface area contributed by atoms with E-state index in [4.69, 9.17) is 4.74 Å². The number of allylic oxidation sites excluding steroid dienone is 1. The molecule has 3 rings (SSSR count). The van der Waals surface area contributed by atoms with Crippen LogP contribution in [-0.4, -0.2) is 33.8 Å². The van der Waals surface area contributed by atoms with Crippen LogP contribution in [0.3, 0.4) is 0 Å². The van der Waals surface area contributed by atoms with E-state index in [2.05, 4.69) is 4.99 Å². The summed E-state index contributed by atoms with van der Waals surface area (Å²) in [5.74, 6) is -0.150. The SMILES string of the molecule is CC[C@H]1SC2=NC(C)=C(C(=O)OCC(C)C)[C@H](c3ccccc3)N2C1=O. The third-order valence-electron chi connectivity index (χ3n) is 4.41. The summed E-state index contributed by atoms with van der Waals surface area (Å²) in [6.07, 6.45) is 0.729. The van der Waals surface area contributed by atoms with E-state index in [1.807, 2.05) is 58.0 Å². The number of thioether (sulfide) groups is 1. The number of carbonyl (C=O) groups excluding carboxylic acids is 2. The number of ether oxygens (including phenoxy) is 1. The van der Waals surface area contributed by atoms with Crippen molar-refractivity contribution in [3.8, 4) is 0 Å². The van der Waals surface area contributed by atoms with Gasteiger partial charge in [0.25, 0.3) is 0 Å². The summed E-state index contributed by atoms with van der Waals surface area (Å²) >= 11 is 1.48. The fourth-order valence-electron chi connectivity index (χ4n) is 3.12. The molecule has 0 saturated carbocycles. The molecule has 0 unspecified atom stereocenters. The van der Waals surface area contributed by atoms with Crippen molar-refractivity contribution in [1.82, 2.24) is 4.90 Å². The van der Waals surface area contributed by atoms with Gasteiger partial charge in [0.15, 0.2) is 5.17 Å². The predicted molar refractivity (Wildman–Crippen MR) is 104 cm³/mol. The molecule has 0 N–H and O–H groups in total. The third kappa shape index (κ3) is 3.43. The normalized spacial score (nSPS) is 22.6. The monoisotopic (exact) mass is 372 g/mol. The van der Waals surface area contributed by atoms with E-state index >= 15 is 0 Å². The lowest BCUT2D eigenvalue weighted by Gasteiger charge is -2.33. The summed E-state index contributed by atoms with van der Waals surface area (Å²) in [5.41, 5.74) is 1.96. The first kappa shape index (κ1) is 18.7. The molecule has 2 aliphatic rings. The highest BCUT2D eigenvalue weighted by molar-refractivity contribution is 8.15. The highest BCUT2D eigenvalue weighted by Crippen LogP contribution is 2.43. The summed E-state index contributed by atoms with van der Waals surface area (Å²) in [4.78, 5) is 32.0. The van der Waals surface area contributed by atoms with Crippen LogP contribution in [0, 0.1) is 5.92 Å². The third-order valence-corrected chi connectivity index (χ3v) is 5.72. The van der Waals surface area contributed by atoms with Crippen LogP contribution in [0.1, 0.15) is 45.7 Å². The van der Waals surface area contributed by atoms with Gasteiger partial charge in [0.05, 0.1) is 29.2 Å². The van der Waals surface area contributed by atoms with Crippen LogP contribution in [0.4, 0.5) is 0 Å². The van der Waals surface area contributed by atoms with Gasteiger partial charge in [-0.2, -0.15) is 0 Å². The van der Waals surface area contributed by atoms with Gasteiger partial charge in [-0.1, -0.05) is 62.9 Å². The minimum Gasteiger partial charge on any atom is -0.462 e. The molecule has 1 aromatic carbocycles. The zero-order valence-electron chi connectivity index (χ0n) is 15.6. The molecule has 138 valence electrons. The fraction of sp³-hybridized carbons (Fsp3) is 0.450. The molecule has 0 radical (unpaired) electrons. The number of nitrogens with zero attached hydrogens (tertiary/aromatic N) is 2. The number of carbonyl (C=O) groups is 2. The van der Waals surface area contributed by atoms with Gasteiger partial charge in [-0.05, 0) is 24.8 Å². The molecule has 0 bridgehead atoms. The second-order valence-electron chi connectivity index (χ2n) is 6.92. The average molecular weight is 372 g/mol. The Bertz CT molecular complexity index is 771. The Morgan fingerprint density at radius 2 is 2.00 bits per heavy atom. The Balaban J connectivity index is 2.05. The largest absolute Gasteiger partial charge is 0.462 e.